The van der Waals surface area contributed by atoms with Gasteiger partial charge in [-0.2, -0.15) is 0 Å². The normalized spacial score (nSPS) is 17.2. The Labute approximate surface area is 113 Å². The summed E-state index contributed by atoms with van der Waals surface area (Å²) in [5, 5.41) is 0. The van der Waals surface area contributed by atoms with Crippen LogP contribution in [0.25, 0.3) is 0 Å². The third-order valence-corrected chi connectivity index (χ3v) is 3.71. The van der Waals surface area contributed by atoms with Crippen molar-refractivity contribution < 1.29 is 9.22 Å². The Balaban J connectivity index is 1.96. The summed E-state index contributed by atoms with van der Waals surface area (Å²) < 4.78 is 4.81. The van der Waals surface area contributed by atoms with Gasteiger partial charge in [0.05, 0.1) is 8.29 Å². The van der Waals surface area contributed by atoms with Gasteiger partial charge in [-0.3, -0.25) is 0 Å². The Morgan fingerprint density at radius 1 is 1.00 bits per heavy atom. The van der Waals surface area contributed by atoms with E-state index in [1.807, 2.05) is 12.1 Å². The average Bonchev–Trinajstić information content (AvgIpc) is 2.38. The van der Waals surface area contributed by atoms with Crippen LogP contribution in [-0.4, -0.2) is 0 Å². The topological polar surface area (TPSA) is 18.5 Å². The Kier molecular flexibility index (Phi) is 5.16. The molecule has 0 spiro atoms. The summed E-state index contributed by atoms with van der Waals surface area (Å²) in [7, 11) is -1.30. The number of thiol groups is 1. The SMILES string of the molecule is S=[SH](=S)OOc1ccc(C2CCCCC2)cc1. The minimum atomic E-state index is -1.30. The van der Waals surface area contributed by atoms with Gasteiger partial charge < -0.3 is 4.89 Å². The van der Waals surface area contributed by atoms with E-state index in [1.54, 1.807) is 0 Å². The van der Waals surface area contributed by atoms with E-state index in [-0.39, 0.29) is 0 Å². The zero-order chi connectivity index (χ0) is 12.1. The largest absolute Gasteiger partial charge is 0.325 e. The first-order valence-corrected chi connectivity index (χ1v) is 9.13. The van der Waals surface area contributed by atoms with Crippen molar-refractivity contribution in [2.45, 2.75) is 38.0 Å². The molecule has 0 atom stereocenters. The first kappa shape index (κ1) is 13.2. The zero-order valence-corrected chi connectivity index (χ0v) is 12.0. The molecule has 1 aromatic carbocycles. The fourth-order valence-electron chi connectivity index (χ4n) is 2.30. The highest BCUT2D eigenvalue weighted by Gasteiger charge is 2.15. The average molecular weight is 288 g/mol. The van der Waals surface area contributed by atoms with Crippen LogP contribution in [0.15, 0.2) is 24.3 Å². The highest BCUT2D eigenvalue weighted by atomic mass is 33.1. The lowest BCUT2D eigenvalue weighted by atomic mass is 9.84. The van der Waals surface area contributed by atoms with Gasteiger partial charge >= 0.3 is 0 Å². The van der Waals surface area contributed by atoms with E-state index >= 15 is 0 Å². The molecule has 2 rings (SSSR count). The maximum atomic E-state index is 5.03. The van der Waals surface area contributed by atoms with Crippen molar-refractivity contribution in [2.24, 2.45) is 0 Å². The first-order chi connectivity index (χ1) is 8.25. The molecule has 94 valence electrons. The Bertz CT molecular complexity index is 412. The highest BCUT2D eigenvalue weighted by Crippen LogP contribution is 2.33. The molecule has 1 aliphatic carbocycles. The van der Waals surface area contributed by atoms with Crippen molar-refractivity contribution in [3.8, 4) is 5.75 Å². The van der Waals surface area contributed by atoms with E-state index in [0.29, 0.717) is 11.7 Å². The van der Waals surface area contributed by atoms with Gasteiger partial charge in [0.1, 0.15) is 0 Å². The zero-order valence-electron chi connectivity index (χ0n) is 9.50. The lowest BCUT2D eigenvalue weighted by Crippen LogP contribution is -2.04. The summed E-state index contributed by atoms with van der Waals surface area (Å²) >= 11 is 9.48. The maximum absolute atomic E-state index is 5.03. The summed E-state index contributed by atoms with van der Waals surface area (Å²) in [6.07, 6.45) is 6.69. The monoisotopic (exact) mass is 288 g/mol. The first-order valence-electron chi connectivity index (χ1n) is 5.85. The minimum absolute atomic E-state index is 0.673. The van der Waals surface area contributed by atoms with Crippen molar-refractivity contribution in [2.75, 3.05) is 0 Å². The molecule has 0 unspecified atom stereocenters. The van der Waals surface area contributed by atoms with Crippen LogP contribution in [0.2, 0.25) is 0 Å². The molecule has 0 aliphatic heterocycles. The lowest BCUT2D eigenvalue weighted by molar-refractivity contribution is -0.0771. The third-order valence-electron chi connectivity index (χ3n) is 3.15. The Morgan fingerprint density at radius 3 is 2.24 bits per heavy atom. The smallest absolute Gasteiger partial charge is 0.166 e. The van der Waals surface area contributed by atoms with Gasteiger partial charge in [0.15, 0.2) is 5.75 Å². The van der Waals surface area contributed by atoms with E-state index in [9.17, 15) is 0 Å². The second-order valence-corrected chi connectivity index (χ2v) is 7.57. The summed E-state index contributed by atoms with van der Waals surface area (Å²) in [6, 6.07) is 8.08. The Morgan fingerprint density at radius 2 is 1.65 bits per heavy atom. The van der Waals surface area contributed by atoms with Crippen LogP contribution >= 0.6 is 0 Å². The van der Waals surface area contributed by atoms with Gasteiger partial charge in [0, 0.05) is 0 Å². The van der Waals surface area contributed by atoms with Crippen molar-refractivity contribution in [1.82, 2.24) is 0 Å². The predicted octanol–water partition coefficient (Wildman–Crippen LogP) is 3.23. The second kappa shape index (κ2) is 6.64. The predicted molar refractivity (Wildman–Crippen MR) is 77.5 cm³/mol. The molecule has 1 aliphatic rings. The molecule has 17 heavy (non-hydrogen) atoms. The molecule has 0 aromatic heterocycles. The van der Waals surface area contributed by atoms with Crippen molar-refractivity contribution >= 4 is 30.7 Å². The van der Waals surface area contributed by atoms with Gasteiger partial charge in [-0.15, -0.1) is 4.33 Å². The molecule has 0 radical (unpaired) electrons. The molecule has 0 saturated heterocycles. The number of rotatable bonds is 4. The molecule has 1 fully saturated rings. The van der Waals surface area contributed by atoms with Crippen LogP contribution in [0.5, 0.6) is 5.75 Å². The molecule has 0 bridgehead atoms. The number of hydrogen-bond donors (Lipinski definition) is 1. The molecular weight excluding hydrogens is 272 g/mol. The Hall–Kier alpha value is -0.230. The maximum Gasteiger partial charge on any atom is 0.166 e. The number of hydrogen-bond acceptors (Lipinski definition) is 4. The van der Waals surface area contributed by atoms with Crippen LogP contribution in [0.1, 0.15) is 43.6 Å². The van der Waals surface area contributed by atoms with E-state index in [4.69, 9.17) is 31.6 Å². The van der Waals surface area contributed by atoms with Gasteiger partial charge in [0.2, 0.25) is 0 Å². The van der Waals surface area contributed by atoms with E-state index in [2.05, 4.69) is 12.1 Å². The molecular formula is C12H16O2S3. The van der Waals surface area contributed by atoms with Crippen LogP contribution in [0.3, 0.4) is 0 Å². The van der Waals surface area contributed by atoms with Gasteiger partial charge in [0.25, 0.3) is 0 Å². The fourth-order valence-corrected chi connectivity index (χ4v) is 2.63. The third kappa shape index (κ3) is 4.17. The van der Waals surface area contributed by atoms with Crippen LogP contribution in [0, 0.1) is 0 Å². The molecule has 5 heteroatoms. The summed E-state index contributed by atoms with van der Waals surface area (Å²) in [6.45, 7) is 0. The van der Waals surface area contributed by atoms with Crippen LogP contribution in [0.4, 0.5) is 0 Å². The molecule has 1 saturated carbocycles. The molecule has 0 heterocycles. The van der Waals surface area contributed by atoms with Gasteiger partial charge in [-0.05, 0) is 58.8 Å². The summed E-state index contributed by atoms with van der Waals surface area (Å²) in [5.74, 6) is 1.39. The standard InChI is InChI=1S/C12H16O2S3/c15-17(16)14-13-12-8-6-11(7-9-12)10-4-2-1-3-5-10/h6-10,17H,1-5H2. The van der Waals surface area contributed by atoms with Crippen LogP contribution in [-0.2, 0) is 35.0 Å². The summed E-state index contributed by atoms with van der Waals surface area (Å²) in [5.41, 5.74) is 1.40. The van der Waals surface area contributed by atoms with Crippen molar-refractivity contribution in [1.29, 1.82) is 0 Å². The minimum Gasteiger partial charge on any atom is -0.325 e. The van der Waals surface area contributed by atoms with E-state index in [0.717, 1.165) is 0 Å². The second-order valence-electron chi connectivity index (χ2n) is 4.29. The fraction of sp³-hybridized carbons (Fsp3) is 0.500. The number of benzene rings is 1. The molecule has 1 aromatic rings. The molecule has 2 nitrogen and oxygen atoms in total. The van der Waals surface area contributed by atoms with Crippen molar-refractivity contribution in [3.05, 3.63) is 29.8 Å². The van der Waals surface area contributed by atoms with Crippen molar-refractivity contribution in [3.63, 3.8) is 0 Å². The molecule has 0 N–H and O–H groups in total. The summed E-state index contributed by atoms with van der Waals surface area (Å²) in [4.78, 5) is 5.03. The lowest BCUT2D eigenvalue weighted by Gasteiger charge is -2.21. The van der Waals surface area contributed by atoms with Gasteiger partial charge in [-0.25, -0.2) is 0 Å². The molecule has 0 amide bonds. The van der Waals surface area contributed by atoms with Gasteiger partial charge in [-0.1, -0.05) is 31.4 Å². The van der Waals surface area contributed by atoms with Crippen LogP contribution < -0.4 is 4.89 Å². The van der Waals surface area contributed by atoms with E-state index < -0.39 is 8.29 Å². The van der Waals surface area contributed by atoms with E-state index in [1.165, 1.54) is 37.7 Å². The quantitative estimate of drug-likeness (QED) is 0.520. The highest BCUT2D eigenvalue weighted by molar-refractivity contribution is 8.44.